The van der Waals surface area contributed by atoms with Crippen LogP contribution in [0.15, 0.2) is 18.2 Å². The molecule has 0 saturated heterocycles. The summed E-state index contributed by atoms with van der Waals surface area (Å²) in [7, 11) is 0. The molecular formula is C9H8Cl2FNO. The van der Waals surface area contributed by atoms with Crippen LogP contribution < -0.4 is 5.32 Å². The predicted octanol–water partition coefficient (Wildman–Crippen LogP) is 2.45. The van der Waals surface area contributed by atoms with E-state index in [1.54, 1.807) is 0 Å². The third-order valence-electron chi connectivity index (χ3n) is 1.55. The highest BCUT2D eigenvalue weighted by molar-refractivity contribution is 6.33. The molecule has 2 nitrogen and oxygen atoms in total. The number of alkyl halides is 1. The Morgan fingerprint density at radius 3 is 2.86 bits per heavy atom. The summed E-state index contributed by atoms with van der Waals surface area (Å²) in [5.74, 6) is -0.612. The van der Waals surface area contributed by atoms with Gasteiger partial charge in [-0.2, -0.15) is 0 Å². The third kappa shape index (κ3) is 2.86. The summed E-state index contributed by atoms with van der Waals surface area (Å²) in [6, 6.07) is 3.62. The molecule has 0 aliphatic carbocycles. The summed E-state index contributed by atoms with van der Waals surface area (Å²) in [5.41, 5.74) is 0.122. The zero-order valence-electron chi connectivity index (χ0n) is 7.19. The molecular weight excluding hydrogens is 228 g/mol. The van der Waals surface area contributed by atoms with E-state index in [1.807, 2.05) is 0 Å². The minimum absolute atomic E-state index is 0.122. The number of amides is 1. The maximum atomic E-state index is 12.8. The van der Waals surface area contributed by atoms with Crippen molar-refractivity contribution in [2.45, 2.75) is 0 Å². The van der Waals surface area contributed by atoms with E-state index in [-0.39, 0.29) is 10.6 Å². The lowest BCUT2D eigenvalue weighted by molar-refractivity contribution is 0.0956. The quantitative estimate of drug-likeness (QED) is 0.802. The molecule has 1 rings (SSSR count). The van der Waals surface area contributed by atoms with Crippen molar-refractivity contribution in [2.75, 3.05) is 12.4 Å². The minimum Gasteiger partial charge on any atom is -0.351 e. The van der Waals surface area contributed by atoms with Crippen molar-refractivity contribution < 1.29 is 9.18 Å². The lowest BCUT2D eigenvalue weighted by Crippen LogP contribution is -2.25. The van der Waals surface area contributed by atoms with Gasteiger partial charge in [-0.15, -0.1) is 11.6 Å². The van der Waals surface area contributed by atoms with Gasteiger partial charge < -0.3 is 5.32 Å². The molecule has 1 aromatic rings. The van der Waals surface area contributed by atoms with Gasteiger partial charge in [0.15, 0.2) is 0 Å². The van der Waals surface area contributed by atoms with Crippen molar-refractivity contribution in [3.63, 3.8) is 0 Å². The molecule has 0 atom stereocenters. The molecule has 1 amide bonds. The Hall–Kier alpha value is -0.800. The summed E-state index contributed by atoms with van der Waals surface area (Å²) < 4.78 is 12.8. The highest BCUT2D eigenvalue weighted by Gasteiger charge is 2.10. The average Bonchev–Trinajstić information content (AvgIpc) is 2.18. The number of halogens is 3. The number of carbonyl (C=O) groups excluding carboxylic acids is 1. The first-order valence-electron chi connectivity index (χ1n) is 3.94. The molecule has 0 saturated carbocycles. The first-order chi connectivity index (χ1) is 6.65. The van der Waals surface area contributed by atoms with Crippen molar-refractivity contribution in [2.24, 2.45) is 0 Å². The Kier molecular flexibility index (Phi) is 4.17. The van der Waals surface area contributed by atoms with Crippen molar-refractivity contribution in [1.82, 2.24) is 5.32 Å². The van der Waals surface area contributed by atoms with Gasteiger partial charge in [-0.3, -0.25) is 4.79 Å². The van der Waals surface area contributed by atoms with Crippen LogP contribution >= 0.6 is 23.2 Å². The lowest BCUT2D eigenvalue weighted by Gasteiger charge is -2.04. The number of hydrogen-bond acceptors (Lipinski definition) is 1. The van der Waals surface area contributed by atoms with E-state index in [0.29, 0.717) is 12.4 Å². The molecule has 1 N–H and O–H groups in total. The fourth-order valence-corrected chi connectivity index (χ4v) is 1.23. The van der Waals surface area contributed by atoms with E-state index in [4.69, 9.17) is 23.2 Å². The fourth-order valence-electron chi connectivity index (χ4n) is 0.928. The van der Waals surface area contributed by atoms with Gasteiger partial charge in [0.25, 0.3) is 5.91 Å². The first-order valence-corrected chi connectivity index (χ1v) is 4.85. The standard InChI is InChI=1S/C9H8Cl2FNO/c10-3-4-13-9(14)7-5-6(12)1-2-8(7)11/h1-2,5H,3-4H2,(H,13,14). The predicted molar refractivity (Wildman–Crippen MR) is 54.5 cm³/mol. The van der Waals surface area contributed by atoms with Crippen LogP contribution in [0.5, 0.6) is 0 Å². The van der Waals surface area contributed by atoms with Gasteiger partial charge in [-0.05, 0) is 18.2 Å². The van der Waals surface area contributed by atoms with Crippen LogP contribution in [0.4, 0.5) is 4.39 Å². The topological polar surface area (TPSA) is 29.1 Å². The molecule has 0 heterocycles. The first kappa shape index (κ1) is 11.3. The van der Waals surface area contributed by atoms with E-state index in [9.17, 15) is 9.18 Å². The molecule has 0 fully saturated rings. The summed E-state index contributed by atoms with van der Waals surface area (Å²) in [4.78, 5) is 11.4. The molecule has 0 unspecified atom stereocenters. The normalized spacial score (nSPS) is 9.93. The molecule has 0 radical (unpaired) electrons. The Morgan fingerprint density at radius 1 is 1.50 bits per heavy atom. The van der Waals surface area contributed by atoms with E-state index in [1.165, 1.54) is 12.1 Å². The third-order valence-corrected chi connectivity index (χ3v) is 2.07. The molecule has 1 aromatic carbocycles. The van der Waals surface area contributed by atoms with Crippen LogP contribution in [-0.4, -0.2) is 18.3 Å². The van der Waals surface area contributed by atoms with Crippen LogP contribution in [-0.2, 0) is 0 Å². The van der Waals surface area contributed by atoms with Gasteiger partial charge in [0.1, 0.15) is 5.82 Å². The van der Waals surface area contributed by atoms with E-state index >= 15 is 0 Å². The second-order valence-electron chi connectivity index (χ2n) is 2.57. The zero-order valence-corrected chi connectivity index (χ0v) is 8.70. The number of benzene rings is 1. The number of nitrogens with one attached hydrogen (secondary N) is 1. The van der Waals surface area contributed by atoms with Gasteiger partial charge in [0, 0.05) is 12.4 Å². The molecule has 0 aromatic heterocycles. The van der Waals surface area contributed by atoms with E-state index < -0.39 is 11.7 Å². The highest BCUT2D eigenvalue weighted by Crippen LogP contribution is 2.16. The van der Waals surface area contributed by atoms with Gasteiger partial charge in [0.05, 0.1) is 10.6 Å². The Bertz CT molecular complexity index is 344. The van der Waals surface area contributed by atoms with Gasteiger partial charge in [-0.25, -0.2) is 4.39 Å². The molecule has 5 heteroatoms. The van der Waals surface area contributed by atoms with Gasteiger partial charge >= 0.3 is 0 Å². The van der Waals surface area contributed by atoms with Crippen LogP contribution in [0.1, 0.15) is 10.4 Å². The van der Waals surface area contributed by atoms with Crippen LogP contribution in [0.3, 0.4) is 0 Å². The van der Waals surface area contributed by atoms with Crippen molar-refractivity contribution in [3.8, 4) is 0 Å². The second kappa shape index (κ2) is 5.17. The Labute approximate surface area is 91.0 Å². The number of rotatable bonds is 3. The van der Waals surface area contributed by atoms with E-state index in [0.717, 1.165) is 6.07 Å². The summed E-state index contributed by atoms with van der Waals surface area (Å²) in [5, 5.41) is 2.72. The molecule has 14 heavy (non-hydrogen) atoms. The smallest absolute Gasteiger partial charge is 0.252 e. The maximum absolute atomic E-state index is 12.8. The zero-order chi connectivity index (χ0) is 10.6. The van der Waals surface area contributed by atoms with Crippen molar-refractivity contribution in [3.05, 3.63) is 34.6 Å². The molecule has 76 valence electrons. The summed E-state index contributed by atoms with van der Waals surface area (Å²) in [6.45, 7) is 0.327. The monoisotopic (exact) mass is 235 g/mol. The van der Waals surface area contributed by atoms with Gasteiger partial charge in [0.2, 0.25) is 0 Å². The largest absolute Gasteiger partial charge is 0.351 e. The second-order valence-corrected chi connectivity index (χ2v) is 3.35. The molecule has 0 aliphatic heterocycles. The Morgan fingerprint density at radius 2 is 2.21 bits per heavy atom. The molecule has 0 aliphatic rings. The van der Waals surface area contributed by atoms with E-state index in [2.05, 4.69) is 5.32 Å². The van der Waals surface area contributed by atoms with Crippen molar-refractivity contribution >= 4 is 29.1 Å². The Balaban J connectivity index is 2.83. The summed E-state index contributed by atoms with van der Waals surface area (Å²) >= 11 is 11.1. The lowest BCUT2D eigenvalue weighted by atomic mass is 10.2. The number of hydrogen-bond donors (Lipinski definition) is 1. The van der Waals surface area contributed by atoms with Crippen LogP contribution in [0.25, 0.3) is 0 Å². The highest BCUT2D eigenvalue weighted by atomic mass is 35.5. The average molecular weight is 236 g/mol. The summed E-state index contributed by atoms with van der Waals surface area (Å²) in [6.07, 6.45) is 0. The number of carbonyl (C=O) groups is 1. The molecule has 0 spiro atoms. The molecule has 0 bridgehead atoms. The van der Waals surface area contributed by atoms with Crippen molar-refractivity contribution in [1.29, 1.82) is 0 Å². The maximum Gasteiger partial charge on any atom is 0.252 e. The SMILES string of the molecule is O=C(NCCCl)c1cc(F)ccc1Cl. The minimum atomic E-state index is -0.495. The van der Waals surface area contributed by atoms with Crippen LogP contribution in [0.2, 0.25) is 5.02 Å². The van der Waals surface area contributed by atoms with Gasteiger partial charge in [-0.1, -0.05) is 11.6 Å². The van der Waals surface area contributed by atoms with Crippen LogP contribution in [0, 0.1) is 5.82 Å². The fraction of sp³-hybridized carbons (Fsp3) is 0.222.